The molecule has 0 aliphatic carbocycles. The Morgan fingerprint density at radius 3 is 2.91 bits per heavy atom. The third-order valence-electron chi connectivity index (χ3n) is 4.15. The van der Waals surface area contributed by atoms with Gasteiger partial charge in [-0.1, -0.05) is 12.1 Å². The fraction of sp³-hybridized carbons (Fsp3) is 0.412. The van der Waals surface area contributed by atoms with E-state index in [4.69, 9.17) is 4.74 Å². The summed E-state index contributed by atoms with van der Waals surface area (Å²) in [6.07, 6.45) is 2.79. The Bertz CT molecular complexity index is 723. The summed E-state index contributed by atoms with van der Waals surface area (Å²) >= 11 is 0. The first kappa shape index (κ1) is 15.6. The summed E-state index contributed by atoms with van der Waals surface area (Å²) in [5.41, 5.74) is 1.45. The minimum Gasteiger partial charge on any atom is -0.363 e. The van der Waals surface area contributed by atoms with Gasteiger partial charge < -0.3 is 19.9 Å². The van der Waals surface area contributed by atoms with E-state index in [1.807, 2.05) is 24.4 Å². The van der Waals surface area contributed by atoms with Crippen molar-refractivity contribution < 1.29 is 14.3 Å². The number of ether oxygens (including phenoxy) is 1. The van der Waals surface area contributed by atoms with Crippen LogP contribution < -0.4 is 5.32 Å². The van der Waals surface area contributed by atoms with Crippen molar-refractivity contribution in [3.05, 3.63) is 36.0 Å². The van der Waals surface area contributed by atoms with E-state index >= 15 is 0 Å². The molecule has 1 fully saturated rings. The first-order valence-corrected chi connectivity index (χ1v) is 7.77. The lowest BCUT2D eigenvalue weighted by Gasteiger charge is -2.17. The molecule has 2 atom stereocenters. The number of nitrogens with one attached hydrogen (secondary N) is 2. The largest absolute Gasteiger partial charge is 0.363 e. The van der Waals surface area contributed by atoms with Crippen LogP contribution in [0.2, 0.25) is 0 Å². The molecule has 23 heavy (non-hydrogen) atoms. The monoisotopic (exact) mass is 315 g/mol. The number of aromatic nitrogens is 1. The summed E-state index contributed by atoms with van der Waals surface area (Å²) in [6, 6.07) is 7.55. The van der Waals surface area contributed by atoms with Crippen molar-refractivity contribution in [2.75, 3.05) is 20.6 Å². The van der Waals surface area contributed by atoms with Crippen LogP contribution >= 0.6 is 0 Å². The number of fused-ring (bicyclic) bond motifs is 1. The van der Waals surface area contributed by atoms with Gasteiger partial charge in [-0.2, -0.15) is 0 Å². The molecule has 0 radical (unpaired) electrons. The van der Waals surface area contributed by atoms with Crippen molar-refractivity contribution in [2.45, 2.75) is 25.0 Å². The molecule has 2 aromatic rings. The molecule has 1 aromatic heterocycles. The van der Waals surface area contributed by atoms with Gasteiger partial charge in [-0.25, -0.2) is 0 Å². The van der Waals surface area contributed by atoms with Crippen molar-refractivity contribution in [3.63, 3.8) is 0 Å². The zero-order chi connectivity index (χ0) is 16.4. The second-order valence-corrected chi connectivity index (χ2v) is 6.01. The molecule has 1 aliphatic heterocycles. The van der Waals surface area contributed by atoms with E-state index in [1.165, 1.54) is 4.90 Å². The Morgan fingerprint density at radius 1 is 1.30 bits per heavy atom. The number of aromatic amines is 1. The van der Waals surface area contributed by atoms with E-state index in [0.29, 0.717) is 18.5 Å². The number of para-hydroxylation sites is 1. The molecular weight excluding hydrogens is 294 g/mol. The molecule has 0 bridgehead atoms. The van der Waals surface area contributed by atoms with E-state index in [0.717, 1.165) is 17.3 Å². The van der Waals surface area contributed by atoms with Gasteiger partial charge in [0.1, 0.15) is 6.10 Å². The highest BCUT2D eigenvalue weighted by atomic mass is 16.5. The lowest BCUT2D eigenvalue weighted by molar-refractivity contribution is -0.140. The summed E-state index contributed by atoms with van der Waals surface area (Å²) in [6.45, 7) is 0.410. The Hall–Kier alpha value is -2.34. The first-order chi connectivity index (χ1) is 11.1. The van der Waals surface area contributed by atoms with Gasteiger partial charge in [-0.15, -0.1) is 0 Å². The van der Waals surface area contributed by atoms with Crippen molar-refractivity contribution >= 4 is 22.7 Å². The molecule has 1 aliphatic rings. The zero-order valence-electron chi connectivity index (χ0n) is 13.3. The van der Waals surface area contributed by atoms with Crippen molar-refractivity contribution in [3.8, 4) is 0 Å². The molecule has 1 aromatic carbocycles. The highest BCUT2D eigenvalue weighted by molar-refractivity contribution is 6.05. The maximum absolute atomic E-state index is 12.4. The molecule has 1 saturated heterocycles. The number of nitrogens with zero attached hydrogens (tertiary/aromatic N) is 1. The van der Waals surface area contributed by atoms with Crippen molar-refractivity contribution in [1.82, 2.24) is 15.2 Å². The van der Waals surface area contributed by atoms with Crippen LogP contribution in [-0.4, -0.2) is 54.5 Å². The normalized spacial score (nSPS) is 20.6. The molecule has 2 amide bonds. The minimum absolute atomic E-state index is 0.0185. The minimum atomic E-state index is -0.390. The second kappa shape index (κ2) is 6.42. The van der Waals surface area contributed by atoms with Gasteiger partial charge in [-0.3, -0.25) is 9.59 Å². The molecule has 0 unspecified atom stereocenters. The molecule has 6 heteroatoms. The fourth-order valence-corrected chi connectivity index (χ4v) is 2.90. The average Bonchev–Trinajstić information content (AvgIpc) is 3.20. The van der Waals surface area contributed by atoms with Gasteiger partial charge in [0.15, 0.2) is 0 Å². The third kappa shape index (κ3) is 3.22. The summed E-state index contributed by atoms with van der Waals surface area (Å²) in [7, 11) is 3.44. The number of hydrogen-bond donors (Lipinski definition) is 2. The predicted octanol–water partition coefficient (Wildman–Crippen LogP) is 1.53. The Labute approximate surface area is 134 Å². The average molecular weight is 315 g/mol. The van der Waals surface area contributed by atoms with Gasteiger partial charge in [0, 0.05) is 32.2 Å². The van der Waals surface area contributed by atoms with Gasteiger partial charge in [0.05, 0.1) is 17.2 Å². The highest BCUT2D eigenvalue weighted by Crippen LogP contribution is 2.21. The number of likely N-dealkylation sites (N-methyl/N-ethyl adjacent to an activating group) is 1. The molecule has 6 nitrogen and oxygen atoms in total. The Morgan fingerprint density at radius 2 is 2.13 bits per heavy atom. The number of carbonyl (C=O) groups excluding carboxylic acids is 2. The zero-order valence-corrected chi connectivity index (χ0v) is 13.3. The van der Waals surface area contributed by atoms with Gasteiger partial charge in [0.25, 0.3) is 11.8 Å². The van der Waals surface area contributed by atoms with Crippen LogP contribution in [0.1, 0.15) is 23.2 Å². The topological polar surface area (TPSA) is 74.4 Å². The fourth-order valence-electron chi connectivity index (χ4n) is 2.90. The van der Waals surface area contributed by atoms with Gasteiger partial charge in [-0.05, 0) is 25.0 Å². The molecular formula is C17H21N3O3. The number of amides is 2. The number of benzene rings is 1. The lowest BCUT2D eigenvalue weighted by Crippen LogP contribution is -2.36. The number of rotatable bonds is 4. The van der Waals surface area contributed by atoms with Crippen LogP contribution in [0.5, 0.6) is 0 Å². The molecule has 2 heterocycles. The Balaban J connectivity index is 1.58. The molecule has 0 spiro atoms. The maximum Gasteiger partial charge on any atom is 0.253 e. The van der Waals surface area contributed by atoms with E-state index in [1.54, 1.807) is 20.2 Å². The summed E-state index contributed by atoms with van der Waals surface area (Å²) in [5.74, 6) is -0.154. The Kier molecular flexibility index (Phi) is 4.34. The number of carbonyl (C=O) groups is 2. The number of H-pyrrole nitrogens is 1. The van der Waals surface area contributed by atoms with Crippen LogP contribution in [0.25, 0.3) is 10.9 Å². The second-order valence-electron chi connectivity index (χ2n) is 6.01. The van der Waals surface area contributed by atoms with Crippen molar-refractivity contribution in [2.24, 2.45) is 0 Å². The molecule has 2 N–H and O–H groups in total. The third-order valence-corrected chi connectivity index (χ3v) is 4.15. The summed E-state index contributed by atoms with van der Waals surface area (Å²) in [5, 5.41) is 3.91. The maximum atomic E-state index is 12.4. The molecule has 0 saturated carbocycles. The SMILES string of the molecule is CN(C)C(=O)[C@H]1CC[C@@H](CNC(=O)c2cccc3cc[nH]c23)O1. The highest BCUT2D eigenvalue weighted by Gasteiger charge is 2.31. The molecule has 3 rings (SSSR count). The van der Waals surface area contributed by atoms with E-state index in [2.05, 4.69) is 10.3 Å². The predicted molar refractivity (Wildman–Crippen MR) is 87.2 cm³/mol. The summed E-state index contributed by atoms with van der Waals surface area (Å²) in [4.78, 5) is 28.9. The van der Waals surface area contributed by atoms with Gasteiger partial charge in [0.2, 0.25) is 0 Å². The lowest BCUT2D eigenvalue weighted by atomic mass is 10.1. The first-order valence-electron chi connectivity index (χ1n) is 7.77. The van der Waals surface area contributed by atoms with E-state index < -0.39 is 6.10 Å². The van der Waals surface area contributed by atoms with Crippen LogP contribution in [-0.2, 0) is 9.53 Å². The van der Waals surface area contributed by atoms with Crippen LogP contribution in [0.4, 0.5) is 0 Å². The smallest absolute Gasteiger partial charge is 0.253 e. The van der Waals surface area contributed by atoms with E-state index in [9.17, 15) is 9.59 Å². The standard InChI is InChI=1S/C17H21N3O3/c1-20(2)17(22)14-7-6-12(23-14)10-19-16(21)13-5-3-4-11-8-9-18-15(11)13/h3-5,8-9,12,14,18H,6-7,10H2,1-2H3,(H,19,21)/t12-,14+/m0/s1. The molecule has 122 valence electrons. The van der Waals surface area contributed by atoms with Crippen LogP contribution in [0.15, 0.2) is 30.5 Å². The van der Waals surface area contributed by atoms with Crippen molar-refractivity contribution in [1.29, 1.82) is 0 Å². The summed E-state index contributed by atoms with van der Waals surface area (Å²) < 4.78 is 5.73. The van der Waals surface area contributed by atoms with Gasteiger partial charge >= 0.3 is 0 Å². The quantitative estimate of drug-likeness (QED) is 0.898. The van der Waals surface area contributed by atoms with Crippen LogP contribution in [0.3, 0.4) is 0 Å². The van der Waals surface area contributed by atoms with E-state index in [-0.39, 0.29) is 17.9 Å². The van der Waals surface area contributed by atoms with Crippen LogP contribution in [0, 0.1) is 0 Å². The number of hydrogen-bond acceptors (Lipinski definition) is 3.